The van der Waals surface area contributed by atoms with Crippen LogP contribution in [0.4, 0.5) is 5.69 Å². The lowest BCUT2D eigenvalue weighted by molar-refractivity contribution is -0.897. The molecule has 1 amide bonds. The zero-order valence-corrected chi connectivity index (χ0v) is 16.7. The van der Waals surface area contributed by atoms with Gasteiger partial charge < -0.3 is 15.0 Å². The molecule has 1 aliphatic heterocycles. The molecule has 2 aromatic carbocycles. The number of ether oxygens (including phenoxy) is 1. The lowest BCUT2D eigenvalue weighted by Crippen LogP contribution is -3.14. The van der Waals surface area contributed by atoms with E-state index in [0.29, 0.717) is 48.3 Å². The Labute approximate surface area is 174 Å². The summed E-state index contributed by atoms with van der Waals surface area (Å²) in [7, 11) is 1.39. The number of hydrogen-bond acceptors (Lipinski definition) is 5. The van der Waals surface area contributed by atoms with E-state index in [1.165, 1.54) is 7.11 Å². The smallest absolute Gasteiger partial charge is 0.309 e. The van der Waals surface area contributed by atoms with Crippen molar-refractivity contribution in [2.45, 2.75) is 12.8 Å². The summed E-state index contributed by atoms with van der Waals surface area (Å²) in [5.41, 5.74) is 1.65. The van der Waals surface area contributed by atoms with Crippen LogP contribution < -0.4 is 10.2 Å². The first-order valence-corrected chi connectivity index (χ1v) is 10.0. The predicted octanol–water partition coefficient (Wildman–Crippen LogP) is 0.868. The normalized spacial score (nSPS) is 20.2. The number of quaternary nitrogens is 1. The fourth-order valence-corrected chi connectivity index (χ4v) is 4.28. The van der Waals surface area contributed by atoms with E-state index in [4.69, 9.17) is 4.74 Å². The van der Waals surface area contributed by atoms with Crippen molar-refractivity contribution in [2.75, 3.05) is 32.1 Å². The molecule has 30 heavy (non-hydrogen) atoms. The lowest BCUT2D eigenvalue weighted by Gasteiger charge is -2.27. The minimum atomic E-state index is -0.262. The van der Waals surface area contributed by atoms with Crippen LogP contribution in [-0.2, 0) is 14.3 Å². The molecule has 1 heterocycles. The van der Waals surface area contributed by atoms with Gasteiger partial charge in [-0.1, -0.05) is 36.4 Å². The number of fused-ring (bicyclic) bond motifs is 2. The lowest BCUT2D eigenvalue weighted by atomic mass is 9.83. The third-order valence-electron chi connectivity index (χ3n) is 5.86. The number of nitrogens with one attached hydrogen (secondary N) is 2. The number of methoxy groups -OCH3 is 1. The highest BCUT2D eigenvalue weighted by atomic mass is 16.5. The summed E-state index contributed by atoms with van der Waals surface area (Å²) < 4.78 is 4.79. The maximum Gasteiger partial charge on any atom is 0.309 e. The van der Waals surface area contributed by atoms with E-state index in [-0.39, 0.29) is 41.5 Å². The molecule has 2 aromatic rings. The van der Waals surface area contributed by atoms with Crippen LogP contribution in [0.3, 0.4) is 0 Å². The van der Waals surface area contributed by atoms with Crippen LogP contribution in [0.25, 0.3) is 0 Å². The molecule has 1 saturated heterocycles. The standard InChI is InChI=1S/C23H22N2O5/c1-30-23(29)14-9-11-25(12-10-14)13-19(26)24-18-8-4-7-17-20(18)22(28)16-6-3-2-5-15(16)21(17)27/h2-8,14H,9-13H2,1H3,(H,24,26)/p+1. The van der Waals surface area contributed by atoms with Crippen molar-refractivity contribution in [1.29, 1.82) is 0 Å². The molecule has 154 valence electrons. The summed E-state index contributed by atoms with van der Waals surface area (Å²) in [6.07, 6.45) is 1.36. The number of rotatable bonds is 4. The van der Waals surface area contributed by atoms with Gasteiger partial charge in [0.25, 0.3) is 5.91 Å². The number of anilines is 1. The van der Waals surface area contributed by atoms with Gasteiger partial charge >= 0.3 is 5.97 Å². The second kappa shape index (κ2) is 8.20. The number of likely N-dealkylation sites (tertiary alicyclic amines) is 1. The molecule has 4 rings (SSSR count). The van der Waals surface area contributed by atoms with E-state index in [0.717, 1.165) is 4.90 Å². The Morgan fingerprint density at radius 3 is 2.27 bits per heavy atom. The predicted molar refractivity (Wildman–Crippen MR) is 109 cm³/mol. The largest absolute Gasteiger partial charge is 0.469 e. The van der Waals surface area contributed by atoms with E-state index in [1.54, 1.807) is 42.5 Å². The Morgan fingerprint density at radius 2 is 1.60 bits per heavy atom. The van der Waals surface area contributed by atoms with Crippen LogP contribution in [0, 0.1) is 5.92 Å². The van der Waals surface area contributed by atoms with Crippen molar-refractivity contribution in [3.63, 3.8) is 0 Å². The van der Waals surface area contributed by atoms with E-state index in [1.807, 2.05) is 0 Å². The monoisotopic (exact) mass is 407 g/mol. The second-order valence-corrected chi connectivity index (χ2v) is 7.70. The molecule has 7 nitrogen and oxygen atoms in total. The van der Waals surface area contributed by atoms with E-state index >= 15 is 0 Å². The molecular weight excluding hydrogens is 384 g/mol. The van der Waals surface area contributed by atoms with Crippen LogP contribution in [0.1, 0.15) is 44.7 Å². The van der Waals surface area contributed by atoms with Gasteiger partial charge in [0.15, 0.2) is 18.1 Å². The molecule has 0 unspecified atom stereocenters. The minimum absolute atomic E-state index is 0.105. The van der Waals surface area contributed by atoms with Gasteiger partial charge in [-0.2, -0.15) is 0 Å². The summed E-state index contributed by atoms with van der Waals surface area (Å²) in [5.74, 6) is -1.01. The second-order valence-electron chi connectivity index (χ2n) is 7.70. The third kappa shape index (κ3) is 3.64. The summed E-state index contributed by atoms with van der Waals surface area (Å²) in [6.45, 7) is 1.63. The molecule has 0 radical (unpaired) electrons. The van der Waals surface area contributed by atoms with Crippen molar-refractivity contribution in [3.8, 4) is 0 Å². The van der Waals surface area contributed by atoms with E-state index < -0.39 is 0 Å². The van der Waals surface area contributed by atoms with Crippen LogP contribution in [0.5, 0.6) is 0 Å². The van der Waals surface area contributed by atoms with Gasteiger partial charge in [0, 0.05) is 29.5 Å². The van der Waals surface area contributed by atoms with Gasteiger partial charge in [0.05, 0.1) is 37.4 Å². The minimum Gasteiger partial charge on any atom is -0.469 e. The average molecular weight is 407 g/mol. The van der Waals surface area contributed by atoms with Gasteiger partial charge in [-0.3, -0.25) is 19.2 Å². The highest BCUT2D eigenvalue weighted by Crippen LogP contribution is 2.31. The maximum absolute atomic E-state index is 13.0. The number of piperidine rings is 1. The molecule has 7 heteroatoms. The van der Waals surface area contributed by atoms with E-state index in [2.05, 4.69) is 5.32 Å². The number of hydrogen-bond donors (Lipinski definition) is 2. The Kier molecular flexibility index (Phi) is 5.46. The van der Waals surface area contributed by atoms with Gasteiger partial charge in [-0.05, 0) is 6.07 Å². The zero-order chi connectivity index (χ0) is 21.3. The Balaban J connectivity index is 1.48. The molecule has 2 aliphatic rings. The first-order valence-electron chi connectivity index (χ1n) is 10.0. The van der Waals surface area contributed by atoms with Gasteiger partial charge in [0.1, 0.15) is 0 Å². The summed E-state index contributed by atoms with van der Waals surface area (Å²) >= 11 is 0. The van der Waals surface area contributed by atoms with Crippen LogP contribution in [0.15, 0.2) is 42.5 Å². The SMILES string of the molecule is COC(=O)C1CC[NH+](CC(=O)Nc2cccc3c2C(=O)c2ccccc2C3=O)CC1. The molecule has 2 N–H and O–H groups in total. The first-order chi connectivity index (χ1) is 14.5. The highest BCUT2D eigenvalue weighted by molar-refractivity contribution is 6.30. The molecule has 1 fully saturated rings. The van der Waals surface area contributed by atoms with Crippen LogP contribution in [0.2, 0.25) is 0 Å². The van der Waals surface area contributed by atoms with Crippen molar-refractivity contribution < 1.29 is 28.8 Å². The fourth-order valence-electron chi connectivity index (χ4n) is 4.28. The molecule has 0 atom stereocenters. The number of amides is 1. The third-order valence-corrected chi connectivity index (χ3v) is 5.86. The number of ketones is 2. The molecule has 0 aromatic heterocycles. The van der Waals surface area contributed by atoms with Gasteiger partial charge in [-0.15, -0.1) is 0 Å². The molecule has 1 aliphatic carbocycles. The van der Waals surface area contributed by atoms with Crippen molar-refractivity contribution in [3.05, 3.63) is 64.7 Å². The molecule has 0 saturated carbocycles. The summed E-state index contributed by atoms with van der Waals surface area (Å²) in [5, 5.41) is 2.82. The molecule has 0 spiro atoms. The van der Waals surface area contributed by atoms with Crippen LogP contribution >= 0.6 is 0 Å². The number of carbonyl (C=O) groups is 4. The van der Waals surface area contributed by atoms with Crippen LogP contribution in [-0.4, -0.2) is 50.2 Å². The summed E-state index contributed by atoms with van der Waals surface area (Å²) in [4.78, 5) is 51.2. The Hall–Kier alpha value is -3.32. The van der Waals surface area contributed by atoms with Gasteiger partial charge in [0.2, 0.25) is 0 Å². The number of esters is 1. The van der Waals surface area contributed by atoms with E-state index in [9.17, 15) is 19.2 Å². The molecule has 0 bridgehead atoms. The van der Waals surface area contributed by atoms with Crippen molar-refractivity contribution >= 4 is 29.1 Å². The highest BCUT2D eigenvalue weighted by Gasteiger charge is 2.33. The molecular formula is C23H23N2O5+. The number of carbonyl (C=O) groups excluding carboxylic acids is 4. The fraction of sp³-hybridized carbons (Fsp3) is 0.304. The van der Waals surface area contributed by atoms with Gasteiger partial charge in [-0.25, -0.2) is 0 Å². The maximum atomic E-state index is 13.0. The zero-order valence-electron chi connectivity index (χ0n) is 16.7. The quantitative estimate of drug-likeness (QED) is 0.626. The van der Waals surface area contributed by atoms with Crippen molar-refractivity contribution in [1.82, 2.24) is 0 Å². The first kappa shape index (κ1) is 20.0. The Morgan fingerprint density at radius 1 is 0.967 bits per heavy atom. The average Bonchev–Trinajstić information content (AvgIpc) is 2.77. The number of benzene rings is 2. The Bertz CT molecular complexity index is 1040. The van der Waals surface area contributed by atoms with Crippen molar-refractivity contribution in [2.24, 2.45) is 5.92 Å². The topological polar surface area (TPSA) is 94.0 Å². The summed E-state index contributed by atoms with van der Waals surface area (Å²) in [6, 6.07) is 11.7.